The van der Waals surface area contributed by atoms with Crippen LogP contribution in [-0.4, -0.2) is 60.0 Å². The first-order chi connectivity index (χ1) is 22.0. The first-order valence-corrected chi connectivity index (χ1v) is 18.5. The van der Waals surface area contributed by atoms with Gasteiger partial charge in [0.05, 0.1) is 18.4 Å². The number of nitrogens with zero attached hydrogens (tertiary/aromatic N) is 2. The molecule has 5 atom stereocenters. The highest BCUT2D eigenvalue weighted by atomic mass is 35.5. The lowest BCUT2D eigenvalue weighted by Gasteiger charge is -2.43. The molecular weight excluding hydrogens is 618 g/mol. The van der Waals surface area contributed by atoms with E-state index in [0.717, 1.165) is 74.5 Å². The number of hydrogen-bond acceptors (Lipinski definition) is 7. The summed E-state index contributed by atoms with van der Waals surface area (Å²) in [6.07, 6.45) is 9.94. The molecule has 1 heterocycles. The molecule has 1 aliphatic heterocycles. The van der Waals surface area contributed by atoms with Crippen LogP contribution >= 0.6 is 22.3 Å². The number of carbonyl (C=O) groups excluding carboxylic acids is 1. The van der Waals surface area contributed by atoms with Gasteiger partial charge in [-0.3, -0.25) is 4.79 Å². The molecule has 1 saturated carbocycles. The number of ether oxygens (including phenoxy) is 1. The van der Waals surface area contributed by atoms with E-state index in [-0.39, 0.29) is 23.2 Å². The molecule has 1 fully saturated rings. The van der Waals surface area contributed by atoms with E-state index >= 15 is 0 Å². The zero-order chi connectivity index (χ0) is 33.8. The highest BCUT2D eigenvalue weighted by Gasteiger charge is 2.38. The Kier molecular flexibility index (Phi) is 15.2. The van der Waals surface area contributed by atoms with Crippen molar-refractivity contribution in [2.75, 3.05) is 31.6 Å². The minimum atomic E-state index is -0.451. The van der Waals surface area contributed by atoms with Gasteiger partial charge in [-0.15, -0.1) is 0 Å². The predicted molar refractivity (Wildman–Crippen MR) is 197 cm³/mol. The van der Waals surface area contributed by atoms with Crippen LogP contribution in [-0.2, 0) is 6.42 Å². The van der Waals surface area contributed by atoms with Gasteiger partial charge in [0.2, 0.25) is 0 Å². The molecule has 0 bridgehead atoms. The molecule has 1 amide bonds. The number of hydrogen-bond donors (Lipinski definition) is 4. The lowest BCUT2D eigenvalue weighted by Crippen LogP contribution is -2.44. The van der Waals surface area contributed by atoms with Crippen molar-refractivity contribution in [1.82, 2.24) is 9.73 Å². The fourth-order valence-electron chi connectivity index (χ4n) is 6.12. The van der Waals surface area contributed by atoms with Crippen molar-refractivity contribution in [2.24, 2.45) is 23.4 Å². The monoisotopic (exact) mass is 673 g/mol. The maximum atomic E-state index is 13.2. The normalized spacial score (nSPS) is 20.5. The molecule has 0 radical (unpaired) electrons. The van der Waals surface area contributed by atoms with E-state index in [1.165, 1.54) is 22.3 Å². The highest BCUT2D eigenvalue weighted by Crippen LogP contribution is 2.43. The Morgan fingerprint density at radius 3 is 2.59 bits per heavy atom. The largest absolute Gasteiger partial charge is 0.491 e. The summed E-state index contributed by atoms with van der Waals surface area (Å²) < 4.78 is 9.53. The van der Waals surface area contributed by atoms with Gasteiger partial charge in [0.15, 0.2) is 0 Å². The quantitative estimate of drug-likeness (QED) is 0.105. The van der Waals surface area contributed by atoms with Gasteiger partial charge >= 0.3 is 0 Å². The van der Waals surface area contributed by atoms with Crippen LogP contribution in [0.4, 0.5) is 5.69 Å². The first kappa shape index (κ1) is 37.7. The third-order valence-electron chi connectivity index (χ3n) is 8.90. The zero-order valence-electron chi connectivity index (χ0n) is 28.4. The van der Waals surface area contributed by atoms with E-state index in [0.29, 0.717) is 24.0 Å². The average molecular weight is 674 g/mol. The van der Waals surface area contributed by atoms with Gasteiger partial charge in [-0.25, -0.2) is 5.84 Å². The van der Waals surface area contributed by atoms with Gasteiger partial charge in [0.1, 0.15) is 5.75 Å². The lowest BCUT2D eigenvalue weighted by atomic mass is 9.69. The lowest BCUT2D eigenvalue weighted by molar-refractivity contribution is 0.00960. The third-order valence-corrected chi connectivity index (χ3v) is 10.7. The van der Waals surface area contributed by atoms with Gasteiger partial charge in [-0.05, 0) is 79.0 Å². The van der Waals surface area contributed by atoms with E-state index in [9.17, 15) is 9.90 Å². The van der Waals surface area contributed by atoms with Crippen LogP contribution in [0.5, 0.6) is 5.75 Å². The number of benzene rings is 2. The second-order valence-electron chi connectivity index (χ2n) is 12.8. The fraction of sp³-hybridized carbons (Fsp3) is 0.556. The Balaban J connectivity index is 0.000000875. The molecule has 46 heavy (non-hydrogen) atoms. The van der Waals surface area contributed by atoms with Gasteiger partial charge in [-0.2, -0.15) is 0 Å². The van der Waals surface area contributed by atoms with Crippen molar-refractivity contribution < 1.29 is 14.6 Å². The molecule has 8 nitrogen and oxygen atoms in total. The van der Waals surface area contributed by atoms with E-state index in [1.807, 2.05) is 24.3 Å². The van der Waals surface area contributed by atoms with Crippen LogP contribution in [0.3, 0.4) is 0 Å². The Bertz CT molecular complexity index is 1320. The number of hydrazine groups is 1. The Morgan fingerprint density at radius 2 is 2.00 bits per heavy atom. The molecule has 256 valence electrons. The molecule has 1 aliphatic carbocycles. The minimum Gasteiger partial charge on any atom is -0.491 e. The summed E-state index contributed by atoms with van der Waals surface area (Å²) in [5, 5.41) is 13.3. The van der Waals surface area contributed by atoms with Crippen LogP contribution in [0.25, 0.3) is 0 Å². The molecular formula is C36H56ClN5O3S. The second kappa shape index (κ2) is 18.6. The average Bonchev–Trinajstić information content (AvgIpc) is 3.17. The number of rotatable bonds is 13. The van der Waals surface area contributed by atoms with Crippen molar-refractivity contribution in [3.63, 3.8) is 0 Å². The summed E-state index contributed by atoms with van der Waals surface area (Å²) in [6.45, 7) is 10.7. The molecule has 0 aromatic heterocycles. The molecule has 2 aromatic carbocycles. The van der Waals surface area contributed by atoms with Crippen molar-refractivity contribution in [2.45, 2.75) is 89.9 Å². The van der Waals surface area contributed by atoms with Crippen LogP contribution in [0.2, 0.25) is 5.02 Å². The van der Waals surface area contributed by atoms with Crippen LogP contribution < -0.4 is 25.9 Å². The topological polar surface area (TPSA) is 117 Å². The zero-order valence-corrected chi connectivity index (χ0v) is 30.0. The number of aliphatic hydroxyl groups is 1. The third kappa shape index (κ3) is 10.7. The summed E-state index contributed by atoms with van der Waals surface area (Å²) in [5.74, 6) is 10.8. The van der Waals surface area contributed by atoms with Crippen LogP contribution in [0.15, 0.2) is 48.8 Å². The van der Waals surface area contributed by atoms with E-state index < -0.39 is 10.7 Å². The molecule has 6 N–H and O–H groups in total. The van der Waals surface area contributed by atoms with Crippen LogP contribution in [0, 0.1) is 11.8 Å². The van der Waals surface area contributed by atoms with E-state index in [2.05, 4.69) is 55.3 Å². The number of nitrogens with one attached hydrogen (secondary N) is 1. The standard InChI is InChI=1S/C33H47ClN2O3S.C3H9N3/c1-6-8-10-31(37)29-14-11-25(29)19-36-20-26(28-15-13-27(34)17-23(28)9-7-2)21-39-32-16-12-24(18-30(32)36)33(38)35-40(5)22(3)4;1-6(5)3-2-4/h12-13,15-18,22,25-26,29,31,37H,5-11,14,19-21H2,1-4H3,(H,35,38);2-3H,4-5H2,1H3/b;3-2-. The van der Waals surface area contributed by atoms with E-state index in [4.69, 9.17) is 27.9 Å². The molecule has 2 aromatic rings. The molecule has 5 unspecified atom stereocenters. The predicted octanol–water partition coefficient (Wildman–Crippen LogP) is 6.83. The smallest absolute Gasteiger partial charge is 0.260 e. The van der Waals surface area contributed by atoms with Crippen molar-refractivity contribution >= 4 is 39.7 Å². The van der Waals surface area contributed by atoms with Gasteiger partial charge in [0.25, 0.3) is 5.91 Å². The number of anilines is 1. The van der Waals surface area contributed by atoms with Crippen molar-refractivity contribution in [1.29, 1.82) is 0 Å². The van der Waals surface area contributed by atoms with Gasteiger partial charge in [-0.1, -0.05) is 81.2 Å². The summed E-state index contributed by atoms with van der Waals surface area (Å²) in [7, 11) is 1.25. The van der Waals surface area contributed by atoms with E-state index in [1.54, 1.807) is 13.2 Å². The minimum absolute atomic E-state index is 0.102. The number of amides is 1. The number of nitrogens with two attached hydrogens (primary N) is 2. The molecule has 4 rings (SSSR count). The summed E-state index contributed by atoms with van der Waals surface area (Å²) in [4.78, 5) is 15.6. The number of halogens is 1. The SMILES string of the molecule is C=S(NC(=O)c1ccc2c(c1)N(CC1CCC1C(O)CCCC)CC(c1ccc(Cl)cc1CCC)CO2)C(C)C.CN(N)/C=C\N. The maximum Gasteiger partial charge on any atom is 0.260 e. The molecule has 0 saturated heterocycles. The molecule has 10 heteroatoms. The van der Waals surface area contributed by atoms with Crippen LogP contribution in [0.1, 0.15) is 93.6 Å². The number of fused-ring (bicyclic) bond motifs is 1. The Morgan fingerprint density at radius 1 is 1.24 bits per heavy atom. The number of aliphatic hydroxyl groups excluding tert-OH is 1. The Hall–Kier alpha value is -2.72. The summed E-state index contributed by atoms with van der Waals surface area (Å²) in [6, 6.07) is 12.0. The maximum absolute atomic E-state index is 13.2. The van der Waals surface area contributed by atoms with Crippen molar-refractivity contribution in [3.8, 4) is 5.75 Å². The Labute approximate surface area is 284 Å². The van der Waals surface area contributed by atoms with Gasteiger partial charge < -0.3 is 30.2 Å². The number of unbranched alkanes of at least 4 members (excludes halogenated alkanes) is 1. The fourth-order valence-corrected chi connectivity index (χ4v) is 6.91. The number of aryl methyl sites for hydroxylation is 1. The summed E-state index contributed by atoms with van der Waals surface area (Å²) >= 11 is 6.40. The molecule has 2 aliphatic rings. The summed E-state index contributed by atoms with van der Waals surface area (Å²) in [5.41, 5.74) is 9.08. The number of carbonyl (C=O) groups is 1. The second-order valence-corrected chi connectivity index (χ2v) is 15.3. The van der Waals surface area contributed by atoms with Crippen molar-refractivity contribution in [3.05, 3.63) is 70.5 Å². The molecule has 0 spiro atoms. The highest BCUT2D eigenvalue weighted by molar-refractivity contribution is 8.13. The van der Waals surface area contributed by atoms with Gasteiger partial charge in [0, 0.05) is 54.3 Å². The first-order valence-electron chi connectivity index (χ1n) is 16.7.